The van der Waals surface area contributed by atoms with Crippen molar-refractivity contribution < 1.29 is 19.0 Å². The third-order valence-electron chi connectivity index (χ3n) is 2.42. The van der Waals surface area contributed by atoms with Crippen LogP contribution in [0.3, 0.4) is 0 Å². The standard InChI is InChI=1S/C11H13NO4/c1-7(12-11(13)14-2)8-3-4-9-10(5-8)16-6-15-9/h3-5,7H,6H2,1-2H3,(H,12,13). The predicted octanol–water partition coefficient (Wildman–Crippen LogP) is 1.83. The van der Waals surface area contributed by atoms with Crippen molar-refractivity contribution in [3.63, 3.8) is 0 Å². The monoisotopic (exact) mass is 223 g/mol. The lowest BCUT2D eigenvalue weighted by Gasteiger charge is -2.13. The Hall–Kier alpha value is -1.91. The summed E-state index contributed by atoms with van der Waals surface area (Å²) in [7, 11) is 1.34. The van der Waals surface area contributed by atoms with Gasteiger partial charge in [-0.25, -0.2) is 4.79 Å². The van der Waals surface area contributed by atoms with Crippen LogP contribution in [0.5, 0.6) is 11.5 Å². The molecule has 1 atom stereocenters. The van der Waals surface area contributed by atoms with Gasteiger partial charge in [-0.2, -0.15) is 0 Å². The number of hydrogen-bond acceptors (Lipinski definition) is 4. The molecular weight excluding hydrogens is 210 g/mol. The van der Waals surface area contributed by atoms with Gasteiger partial charge in [0, 0.05) is 0 Å². The Labute approximate surface area is 93.3 Å². The Balaban J connectivity index is 2.12. The molecule has 0 saturated carbocycles. The molecule has 1 amide bonds. The van der Waals surface area contributed by atoms with E-state index >= 15 is 0 Å². The van der Waals surface area contributed by atoms with Crippen LogP contribution in [0.1, 0.15) is 18.5 Å². The second-order valence-electron chi connectivity index (χ2n) is 3.47. The fourth-order valence-corrected chi connectivity index (χ4v) is 1.50. The number of ether oxygens (including phenoxy) is 3. The third kappa shape index (κ3) is 2.03. The molecule has 1 N–H and O–H groups in total. The van der Waals surface area contributed by atoms with Crippen LogP contribution >= 0.6 is 0 Å². The number of hydrogen-bond donors (Lipinski definition) is 1. The van der Waals surface area contributed by atoms with Crippen molar-refractivity contribution in [1.29, 1.82) is 0 Å². The quantitative estimate of drug-likeness (QED) is 0.831. The molecule has 1 unspecified atom stereocenters. The van der Waals surface area contributed by atoms with Crippen LogP contribution in [0.4, 0.5) is 4.79 Å². The summed E-state index contributed by atoms with van der Waals surface area (Å²) >= 11 is 0. The van der Waals surface area contributed by atoms with Crippen molar-refractivity contribution in [2.75, 3.05) is 13.9 Å². The van der Waals surface area contributed by atoms with Gasteiger partial charge in [0.05, 0.1) is 13.2 Å². The molecule has 0 radical (unpaired) electrons. The molecule has 16 heavy (non-hydrogen) atoms. The van der Waals surface area contributed by atoms with Gasteiger partial charge in [0.2, 0.25) is 6.79 Å². The van der Waals surface area contributed by atoms with Crippen molar-refractivity contribution >= 4 is 6.09 Å². The fraction of sp³-hybridized carbons (Fsp3) is 0.364. The maximum atomic E-state index is 11.0. The molecule has 0 aromatic heterocycles. The zero-order chi connectivity index (χ0) is 11.5. The first-order valence-electron chi connectivity index (χ1n) is 4.94. The van der Waals surface area contributed by atoms with E-state index in [0.29, 0.717) is 5.75 Å². The molecule has 1 heterocycles. The zero-order valence-corrected chi connectivity index (χ0v) is 9.15. The highest BCUT2D eigenvalue weighted by Gasteiger charge is 2.16. The van der Waals surface area contributed by atoms with Crippen LogP contribution < -0.4 is 14.8 Å². The summed E-state index contributed by atoms with van der Waals surface area (Å²) in [6, 6.07) is 5.42. The van der Waals surface area contributed by atoms with Crippen molar-refractivity contribution in [3.8, 4) is 11.5 Å². The number of alkyl carbamates (subject to hydrolysis) is 1. The highest BCUT2D eigenvalue weighted by atomic mass is 16.7. The molecule has 5 nitrogen and oxygen atoms in total. The van der Waals surface area contributed by atoms with Gasteiger partial charge in [-0.05, 0) is 24.6 Å². The molecule has 1 aromatic rings. The fourth-order valence-electron chi connectivity index (χ4n) is 1.50. The Kier molecular flexibility index (Phi) is 2.85. The minimum absolute atomic E-state index is 0.137. The summed E-state index contributed by atoms with van der Waals surface area (Å²) in [6.45, 7) is 2.12. The number of amides is 1. The van der Waals surface area contributed by atoms with Crippen LogP contribution in [-0.2, 0) is 4.74 Å². The van der Waals surface area contributed by atoms with E-state index in [4.69, 9.17) is 9.47 Å². The smallest absolute Gasteiger partial charge is 0.407 e. The van der Waals surface area contributed by atoms with Crippen LogP contribution in [-0.4, -0.2) is 20.0 Å². The van der Waals surface area contributed by atoms with E-state index in [1.165, 1.54) is 7.11 Å². The minimum atomic E-state index is -0.454. The lowest BCUT2D eigenvalue weighted by Crippen LogP contribution is -2.26. The van der Waals surface area contributed by atoms with Gasteiger partial charge in [0.1, 0.15) is 0 Å². The number of methoxy groups -OCH3 is 1. The van der Waals surface area contributed by atoms with E-state index in [9.17, 15) is 4.79 Å². The summed E-state index contributed by atoms with van der Waals surface area (Å²) in [5.41, 5.74) is 0.939. The van der Waals surface area contributed by atoms with Gasteiger partial charge in [-0.15, -0.1) is 0 Å². The second kappa shape index (κ2) is 4.30. The lowest BCUT2D eigenvalue weighted by molar-refractivity contribution is 0.167. The maximum absolute atomic E-state index is 11.0. The van der Waals surface area contributed by atoms with Crippen LogP contribution in [0.2, 0.25) is 0 Å². The molecule has 5 heteroatoms. The van der Waals surface area contributed by atoms with E-state index in [1.54, 1.807) is 0 Å². The second-order valence-corrected chi connectivity index (χ2v) is 3.47. The molecular formula is C11H13NO4. The Morgan fingerprint density at radius 3 is 2.94 bits per heavy atom. The van der Waals surface area contributed by atoms with E-state index in [2.05, 4.69) is 10.1 Å². The minimum Gasteiger partial charge on any atom is -0.454 e. The van der Waals surface area contributed by atoms with Gasteiger partial charge in [-0.1, -0.05) is 6.07 Å². The molecule has 0 fully saturated rings. The molecule has 0 spiro atoms. The number of fused-ring (bicyclic) bond motifs is 1. The van der Waals surface area contributed by atoms with Crippen molar-refractivity contribution in [2.45, 2.75) is 13.0 Å². The summed E-state index contributed by atoms with van der Waals surface area (Å²) < 4.78 is 15.0. The van der Waals surface area contributed by atoms with Gasteiger partial charge in [0.25, 0.3) is 0 Å². The molecule has 0 saturated heterocycles. The van der Waals surface area contributed by atoms with Gasteiger partial charge < -0.3 is 19.5 Å². The molecule has 86 valence electrons. The number of carbonyl (C=O) groups is 1. The first-order valence-corrected chi connectivity index (χ1v) is 4.94. The molecule has 1 aliphatic heterocycles. The summed E-state index contributed by atoms with van der Waals surface area (Å²) in [5, 5.41) is 2.68. The van der Waals surface area contributed by atoms with E-state index in [1.807, 2.05) is 25.1 Å². The van der Waals surface area contributed by atoms with Gasteiger partial charge in [0.15, 0.2) is 11.5 Å². The topological polar surface area (TPSA) is 56.8 Å². The number of carbonyl (C=O) groups excluding carboxylic acids is 1. The van der Waals surface area contributed by atoms with Crippen molar-refractivity contribution in [3.05, 3.63) is 23.8 Å². The molecule has 2 rings (SSSR count). The van der Waals surface area contributed by atoms with E-state index < -0.39 is 6.09 Å². The molecule has 1 aliphatic rings. The largest absolute Gasteiger partial charge is 0.454 e. The highest BCUT2D eigenvalue weighted by molar-refractivity contribution is 5.67. The molecule has 1 aromatic carbocycles. The summed E-state index contributed by atoms with van der Waals surface area (Å²) in [4.78, 5) is 11.0. The first-order chi connectivity index (χ1) is 7.70. The predicted molar refractivity (Wildman–Crippen MR) is 56.5 cm³/mol. The van der Waals surface area contributed by atoms with Gasteiger partial charge in [-0.3, -0.25) is 0 Å². The third-order valence-corrected chi connectivity index (χ3v) is 2.42. The highest BCUT2D eigenvalue weighted by Crippen LogP contribution is 2.34. The number of benzene rings is 1. The summed E-state index contributed by atoms with van der Waals surface area (Å²) in [6.07, 6.45) is -0.454. The normalized spacial score (nSPS) is 14.4. The number of rotatable bonds is 2. The van der Waals surface area contributed by atoms with E-state index in [-0.39, 0.29) is 12.8 Å². The first kappa shape index (κ1) is 10.6. The SMILES string of the molecule is COC(=O)NC(C)c1ccc2c(c1)OCO2. The molecule has 0 aliphatic carbocycles. The lowest BCUT2D eigenvalue weighted by atomic mass is 10.1. The van der Waals surface area contributed by atoms with Gasteiger partial charge >= 0.3 is 6.09 Å². The van der Waals surface area contributed by atoms with Crippen LogP contribution in [0.25, 0.3) is 0 Å². The zero-order valence-electron chi connectivity index (χ0n) is 9.15. The Bertz CT molecular complexity index is 405. The van der Waals surface area contributed by atoms with E-state index in [0.717, 1.165) is 11.3 Å². The van der Waals surface area contributed by atoms with Crippen LogP contribution in [0, 0.1) is 0 Å². The summed E-state index contributed by atoms with van der Waals surface area (Å²) in [5.74, 6) is 1.44. The van der Waals surface area contributed by atoms with Crippen molar-refractivity contribution in [1.82, 2.24) is 5.32 Å². The Morgan fingerprint density at radius 2 is 2.19 bits per heavy atom. The number of nitrogens with one attached hydrogen (secondary N) is 1. The average Bonchev–Trinajstić information content (AvgIpc) is 2.75. The van der Waals surface area contributed by atoms with Crippen LogP contribution in [0.15, 0.2) is 18.2 Å². The molecule has 0 bridgehead atoms. The Morgan fingerprint density at radius 1 is 1.44 bits per heavy atom. The average molecular weight is 223 g/mol. The van der Waals surface area contributed by atoms with Crippen molar-refractivity contribution in [2.24, 2.45) is 0 Å². The maximum Gasteiger partial charge on any atom is 0.407 e.